The number of H-pyrrole nitrogens is 1. The molecular weight excluding hydrogens is 414 g/mol. The van der Waals surface area contributed by atoms with Crippen molar-refractivity contribution in [1.29, 1.82) is 0 Å². The highest BCUT2D eigenvalue weighted by Gasteiger charge is 2.22. The molecule has 2 fully saturated rings. The second-order valence-electron chi connectivity index (χ2n) is 9.40. The van der Waals surface area contributed by atoms with Gasteiger partial charge in [0.2, 0.25) is 11.8 Å². The van der Waals surface area contributed by atoms with E-state index in [0.717, 1.165) is 79.5 Å². The average Bonchev–Trinajstić information content (AvgIpc) is 3.29. The summed E-state index contributed by atoms with van der Waals surface area (Å²) in [5.41, 5.74) is 3.30. The first-order chi connectivity index (χ1) is 16.2. The zero-order chi connectivity index (χ0) is 22.6. The number of aromatic amines is 1. The number of aromatic nitrogens is 3. The van der Waals surface area contributed by atoms with E-state index >= 15 is 0 Å². The highest BCUT2D eigenvalue weighted by Crippen LogP contribution is 2.27. The van der Waals surface area contributed by atoms with Crippen LogP contribution in [0.4, 0.5) is 11.5 Å². The number of hydrogen-bond donors (Lipinski definition) is 3. The van der Waals surface area contributed by atoms with Crippen molar-refractivity contribution in [2.45, 2.75) is 64.2 Å². The summed E-state index contributed by atoms with van der Waals surface area (Å²) in [6.45, 7) is 0. The molecule has 2 heterocycles. The number of carbonyl (C=O) groups is 2. The Morgan fingerprint density at radius 3 is 2.06 bits per heavy atom. The van der Waals surface area contributed by atoms with Crippen molar-refractivity contribution in [3.05, 3.63) is 36.5 Å². The summed E-state index contributed by atoms with van der Waals surface area (Å²) in [5, 5.41) is 6.01. The summed E-state index contributed by atoms with van der Waals surface area (Å²) in [4.78, 5) is 37.4. The lowest BCUT2D eigenvalue weighted by molar-refractivity contribution is -0.121. The molecule has 5 rings (SSSR count). The van der Waals surface area contributed by atoms with Gasteiger partial charge in [0.05, 0.1) is 17.2 Å². The van der Waals surface area contributed by atoms with Crippen LogP contribution in [0.5, 0.6) is 0 Å². The first-order valence-electron chi connectivity index (χ1n) is 12.2. The van der Waals surface area contributed by atoms with Crippen molar-refractivity contribution >= 4 is 34.4 Å². The van der Waals surface area contributed by atoms with Crippen LogP contribution in [0.15, 0.2) is 36.5 Å². The number of rotatable bonds is 5. The molecule has 7 nitrogen and oxygen atoms in total. The van der Waals surface area contributed by atoms with Gasteiger partial charge in [0, 0.05) is 29.2 Å². The zero-order valence-electron chi connectivity index (χ0n) is 18.9. The number of pyridine rings is 1. The predicted molar refractivity (Wildman–Crippen MR) is 130 cm³/mol. The summed E-state index contributed by atoms with van der Waals surface area (Å²) in [5.74, 6) is 1.67. The molecule has 2 saturated carbocycles. The Morgan fingerprint density at radius 2 is 1.42 bits per heavy atom. The molecule has 0 atom stereocenters. The van der Waals surface area contributed by atoms with E-state index in [2.05, 4.69) is 20.6 Å². The number of amides is 2. The Kier molecular flexibility index (Phi) is 6.37. The van der Waals surface area contributed by atoms with Crippen LogP contribution < -0.4 is 10.6 Å². The third kappa shape index (κ3) is 5.07. The zero-order valence-corrected chi connectivity index (χ0v) is 18.9. The topological polar surface area (TPSA) is 99.8 Å². The Morgan fingerprint density at radius 1 is 0.818 bits per heavy atom. The van der Waals surface area contributed by atoms with Gasteiger partial charge in [-0.25, -0.2) is 9.97 Å². The van der Waals surface area contributed by atoms with Crippen LogP contribution in [-0.4, -0.2) is 26.8 Å². The van der Waals surface area contributed by atoms with Gasteiger partial charge in [-0.2, -0.15) is 0 Å². The van der Waals surface area contributed by atoms with Crippen molar-refractivity contribution in [2.75, 3.05) is 10.6 Å². The highest BCUT2D eigenvalue weighted by atomic mass is 16.2. The molecule has 0 radical (unpaired) electrons. The van der Waals surface area contributed by atoms with Crippen LogP contribution in [0.25, 0.3) is 22.4 Å². The number of carbonyl (C=O) groups excluding carboxylic acids is 2. The predicted octanol–water partition coefficient (Wildman–Crippen LogP) is 5.66. The van der Waals surface area contributed by atoms with Gasteiger partial charge < -0.3 is 15.6 Å². The minimum atomic E-state index is 0.0585. The van der Waals surface area contributed by atoms with Crippen LogP contribution in [0, 0.1) is 11.8 Å². The molecule has 2 aromatic heterocycles. The standard InChI is InChI=1S/C26H31N5O2/c32-25(18-7-3-1-4-8-18)28-20-13-11-17(12-14-20)24-29-21-15-23(27-16-22(21)30-24)31-26(33)19-9-5-2-6-10-19/h11-16,18-19H,1-10H2,(H,28,32)(H,29,30)(H,27,31,33). The second-order valence-corrected chi connectivity index (χ2v) is 9.40. The summed E-state index contributed by atoms with van der Waals surface area (Å²) >= 11 is 0. The molecule has 2 aliphatic carbocycles. The smallest absolute Gasteiger partial charge is 0.228 e. The van der Waals surface area contributed by atoms with E-state index in [1.165, 1.54) is 12.8 Å². The van der Waals surface area contributed by atoms with Gasteiger partial charge in [-0.3, -0.25) is 9.59 Å². The summed E-state index contributed by atoms with van der Waals surface area (Å²) < 4.78 is 0. The second kappa shape index (κ2) is 9.73. The fraction of sp³-hybridized carbons (Fsp3) is 0.462. The number of fused-ring (bicyclic) bond motifs is 1. The van der Waals surface area contributed by atoms with Gasteiger partial charge in [-0.05, 0) is 49.9 Å². The number of nitrogens with zero attached hydrogens (tertiary/aromatic N) is 2. The number of hydrogen-bond acceptors (Lipinski definition) is 4. The minimum absolute atomic E-state index is 0.0585. The first kappa shape index (κ1) is 21.6. The largest absolute Gasteiger partial charge is 0.337 e. The number of anilines is 2. The summed E-state index contributed by atoms with van der Waals surface area (Å²) in [6, 6.07) is 9.55. The van der Waals surface area contributed by atoms with Crippen LogP contribution in [-0.2, 0) is 9.59 Å². The average molecular weight is 446 g/mol. The monoisotopic (exact) mass is 445 g/mol. The maximum absolute atomic E-state index is 12.5. The van der Waals surface area contributed by atoms with Crippen molar-refractivity contribution in [3.63, 3.8) is 0 Å². The van der Waals surface area contributed by atoms with Crippen molar-refractivity contribution < 1.29 is 9.59 Å². The molecule has 0 saturated heterocycles. The molecule has 0 aliphatic heterocycles. The van der Waals surface area contributed by atoms with E-state index in [1.807, 2.05) is 30.3 Å². The summed E-state index contributed by atoms with van der Waals surface area (Å²) in [7, 11) is 0. The van der Waals surface area contributed by atoms with Gasteiger partial charge in [0.15, 0.2) is 0 Å². The molecule has 3 N–H and O–H groups in total. The summed E-state index contributed by atoms with van der Waals surface area (Å²) in [6.07, 6.45) is 12.6. The van der Waals surface area contributed by atoms with Gasteiger partial charge in [0.1, 0.15) is 11.6 Å². The fourth-order valence-electron chi connectivity index (χ4n) is 5.03. The van der Waals surface area contributed by atoms with Gasteiger partial charge in [0.25, 0.3) is 0 Å². The lowest BCUT2D eigenvalue weighted by Gasteiger charge is -2.20. The lowest BCUT2D eigenvalue weighted by Crippen LogP contribution is -2.25. The molecule has 3 aromatic rings. The fourth-order valence-corrected chi connectivity index (χ4v) is 5.03. The Balaban J connectivity index is 1.25. The maximum Gasteiger partial charge on any atom is 0.228 e. The van der Waals surface area contributed by atoms with Crippen molar-refractivity contribution in [2.24, 2.45) is 11.8 Å². The number of benzene rings is 1. The number of nitrogens with one attached hydrogen (secondary N) is 3. The number of imidazole rings is 1. The molecular formula is C26H31N5O2. The van der Waals surface area contributed by atoms with Crippen LogP contribution >= 0.6 is 0 Å². The molecule has 0 spiro atoms. The van der Waals surface area contributed by atoms with Crippen LogP contribution in [0.2, 0.25) is 0 Å². The Labute approximate surface area is 193 Å². The van der Waals surface area contributed by atoms with Crippen molar-refractivity contribution in [3.8, 4) is 11.4 Å². The minimum Gasteiger partial charge on any atom is -0.337 e. The molecule has 33 heavy (non-hydrogen) atoms. The lowest BCUT2D eigenvalue weighted by atomic mass is 9.88. The Hall–Kier alpha value is -3.22. The van der Waals surface area contributed by atoms with E-state index in [9.17, 15) is 9.59 Å². The van der Waals surface area contributed by atoms with E-state index in [-0.39, 0.29) is 23.7 Å². The SMILES string of the molecule is O=C(Nc1ccc(-c2nc3cc(NC(=O)C4CCCCC4)ncc3[nH]2)cc1)C1CCCCC1. The van der Waals surface area contributed by atoms with Crippen LogP contribution in [0.1, 0.15) is 64.2 Å². The van der Waals surface area contributed by atoms with E-state index in [1.54, 1.807) is 6.20 Å². The van der Waals surface area contributed by atoms with Crippen molar-refractivity contribution in [1.82, 2.24) is 15.0 Å². The molecule has 1 aromatic carbocycles. The van der Waals surface area contributed by atoms with Gasteiger partial charge in [-0.1, -0.05) is 38.5 Å². The van der Waals surface area contributed by atoms with E-state index < -0.39 is 0 Å². The molecule has 2 aliphatic rings. The Bertz CT molecular complexity index is 1130. The quantitative estimate of drug-likeness (QED) is 0.471. The maximum atomic E-state index is 12.5. The third-order valence-electron chi connectivity index (χ3n) is 7.00. The van der Waals surface area contributed by atoms with E-state index in [0.29, 0.717) is 5.82 Å². The van der Waals surface area contributed by atoms with E-state index in [4.69, 9.17) is 4.98 Å². The molecule has 0 bridgehead atoms. The molecule has 172 valence electrons. The third-order valence-corrected chi connectivity index (χ3v) is 7.00. The molecule has 2 amide bonds. The highest BCUT2D eigenvalue weighted by molar-refractivity contribution is 5.94. The van der Waals surface area contributed by atoms with Gasteiger partial charge in [-0.15, -0.1) is 0 Å². The molecule has 0 unspecified atom stereocenters. The van der Waals surface area contributed by atoms with Crippen LogP contribution in [0.3, 0.4) is 0 Å². The molecule has 7 heteroatoms. The normalized spacial score (nSPS) is 17.7. The first-order valence-corrected chi connectivity index (χ1v) is 12.2. The van der Waals surface area contributed by atoms with Gasteiger partial charge >= 0.3 is 0 Å².